The van der Waals surface area contributed by atoms with Crippen LogP contribution >= 0.6 is 0 Å². The molecule has 3 aliphatic rings. The van der Waals surface area contributed by atoms with Crippen LogP contribution in [0.5, 0.6) is 0 Å². The van der Waals surface area contributed by atoms with Gasteiger partial charge in [0.05, 0.1) is 0 Å². The van der Waals surface area contributed by atoms with E-state index in [2.05, 4.69) is 13.0 Å². The first-order chi connectivity index (χ1) is 8.18. The van der Waals surface area contributed by atoms with Crippen LogP contribution in [-0.2, 0) is 5.41 Å². The summed E-state index contributed by atoms with van der Waals surface area (Å²) in [6.45, 7) is 2.33. The Labute approximate surface area is 103 Å². The van der Waals surface area contributed by atoms with Crippen molar-refractivity contribution in [2.24, 2.45) is 5.41 Å². The third-order valence-corrected chi connectivity index (χ3v) is 5.59. The van der Waals surface area contributed by atoms with Crippen LogP contribution in [0.2, 0.25) is 0 Å². The smallest absolute Gasteiger partial charge is 0.123 e. The van der Waals surface area contributed by atoms with Crippen molar-refractivity contribution in [1.82, 2.24) is 0 Å². The Morgan fingerprint density at radius 2 is 1.71 bits per heavy atom. The SMILES string of the molecule is CCC12CCC(c3cccc(F)c3)(CC1)CC2. The van der Waals surface area contributed by atoms with Gasteiger partial charge in [-0.15, -0.1) is 0 Å². The van der Waals surface area contributed by atoms with Crippen molar-refractivity contribution in [2.75, 3.05) is 0 Å². The van der Waals surface area contributed by atoms with Gasteiger partial charge in [-0.05, 0) is 67.1 Å². The Bertz CT molecular complexity index is 397. The van der Waals surface area contributed by atoms with E-state index in [0.29, 0.717) is 10.8 Å². The lowest BCUT2D eigenvalue weighted by Gasteiger charge is -2.53. The molecule has 0 aliphatic heterocycles. The molecule has 4 rings (SSSR count). The highest BCUT2D eigenvalue weighted by atomic mass is 19.1. The molecule has 17 heavy (non-hydrogen) atoms. The van der Waals surface area contributed by atoms with Gasteiger partial charge >= 0.3 is 0 Å². The predicted octanol–water partition coefficient (Wildman–Crippen LogP) is 4.83. The summed E-state index contributed by atoms with van der Waals surface area (Å²) in [7, 11) is 0. The molecule has 0 aromatic heterocycles. The number of benzene rings is 1. The molecule has 0 radical (unpaired) electrons. The molecule has 0 heterocycles. The first kappa shape index (κ1) is 11.3. The zero-order chi connectivity index (χ0) is 11.9. The molecule has 92 valence electrons. The lowest BCUT2D eigenvalue weighted by Crippen LogP contribution is -2.43. The Balaban J connectivity index is 1.90. The number of hydrogen-bond donors (Lipinski definition) is 0. The van der Waals surface area contributed by atoms with Gasteiger partial charge in [0, 0.05) is 0 Å². The van der Waals surface area contributed by atoms with Crippen LogP contribution in [-0.4, -0.2) is 0 Å². The van der Waals surface area contributed by atoms with Crippen molar-refractivity contribution >= 4 is 0 Å². The molecule has 0 saturated heterocycles. The van der Waals surface area contributed by atoms with E-state index in [9.17, 15) is 4.39 Å². The molecule has 2 bridgehead atoms. The van der Waals surface area contributed by atoms with Crippen LogP contribution in [0.15, 0.2) is 24.3 Å². The van der Waals surface area contributed by atoms with Crippen LogP contribution in [0.4, 0.5) is 4.39 Å². The zero-order valence-corrected chi connectivity index (χ0v) is 10.6. The van der Waals surface area contributed by atoms with E-state index in [1.807, 2.05) is 6.07 Å². The second-order valence-corrected chi connectivity index (χ2v) is 6.14. The number of rotatable bonds is 2. The van der Waals surface area contributed by atoms with Crippen molar-refractivity contribution in [1.29, 1.82) is 0 Å². The minimum atomic E-state index is -0.0743. The van der Waals surface area contributed by atoms with Gasteiger partial charge in [0.2, 0.25) is 0 Å². The monoisotopic (exact) mass is 232 g/mol. The molecule has 0 amide bonds. The summed E-state index contributed by atoms with van der Waals surface area (Å²) in [4.78, 5) is 0. The fourth-order valence-electron chi connectivity index (χ4n) is 4.05. The van der Waals surface area contributed by atoms with E-state index < -0.39 is 0 Å². The normalized spacial score (nSPS) is 36.1. The number of hydrogen-bond acceptors (Lipinski definition) is 0. The minimum Gasteiger partial charge on any atom is -0.207 e. The van der Waals surface area contributed by atoms with E-state index in [1.54, 1.807) is 12.1 Å². The highest BCUT2D eigenvalue weighted by Gasteiger charge is 2.48. The molecular weight excluding hydrogens is 211 g/mol. The molecule has 3 saturated carbocycles. The van der Waals surface area contributed by atoms with Gasteiger partial charge < -0.3 is 0 Å². The molecule has 0 spiro atoms. The van der Waals surface area contributed by atoms with Gasteiger partial charge in [-0.2, -0.15) is 0 Å². The van der Waals surface area contributed by atoms with Crippen molar-refractivity contribution in [2.45, 2.75) is 57.3 Å². The summed E-state index contributed by atoms with van der Waals surface area (Å²) in [5, 5.41) is 0. The fraction of sp³-hybridized carbons (Fsp3) is 0.625. The average Bonchev–Trinajstić information content (AvgIpc) is 2.41. The lowest BCUT2D eigenvalue weighted by atomic mass is 9.51. The van der Waals surface area contributed by atoms with Crippen LogP contribution in [0, 0.1) is 11.2 Å². The predicted molar refractivity (Wildman–Crippen MR) is 68.5 cm³/mol. The van der Waals surface area contributed by atoms with Crippen LogP contribution in [0.25, 0.3) is 0 Å². The van der Waals surface area contributed by atoms with Gasteiger partial charge in [-0.1, -0.05) is 25.5 Å². The first-order valence-electron chi connectivity index (χ1n) is 6.94. The van der Waals surface area contributed by atoms with Gasteiger partial charge in [0.25, 0.3) is 0 Å². The maximum atomic E-state index is 13.4. The van der Waals surface area contributed by atoms with Gasteiger partial charge in [-0.3, -0.25) is 0 Å². The summed E-state index contributed by atoms with van der Waals surface area (Å²) >= 11 is 0. The summed E-state index contributed by atoms with van der Waals surface area (Å²) in [5.41, 5.74) is 2.19. The second kappa shape index (κ2) is 3.83. The molecule has 0 nitrogen and oxygen atoms in total. The average molecular weight is 232 g/mol. The van der Waals surface area contributed by atoms with E-state index in [0.717, 1.165) is 0 Å². The molecule has 1 heteroatoms. The quantitative estimate of drug-likeness (QED) is 0.685. The first-order valence-corrected chi connectivity index (χ1v) is 6.94. The van der Waals surface area contributed by atoms with Crippen molar-refractivity contribution in [3.05, 3.63) is 35.6 Å². The highest BCUT2D eigenvalue weighted by molar-refractivity contribution is 5.28. The summed E-state index contributed by atoms with van der Waals surface area (Å²) in [6.07, 6.45) is 9.17. The standard InChI is InChI=1S/C16H21F/c1-2-15-6-9-16(10-7-15,11-8-15)13-4-3-5-14(17)12-13/h3-5,12H,2,6-11H2,1H3. The molecule has 0 atom stereocenters. The van der Waals surface area contributed by atoms with Crippen LogP contribution in [0.3, 0.4) is 0 Å². The molecule has 1 aromatic carbocycles. The van der Waals surface area contributed by atoms with E-state index in [4.69, 9.17) is 0 Å². The van der Waals surface area contributed by atoms with E-state index in [1.165, 1.54) is 50.5 Å². The Morgan fingerprint density at radius 1 is 1.06 bits per heavy atom. The molecule has 3 aliphatic carbocycles. The van der Waals surface area contributed by atoms with Crippen LogP contribution in [0.1, 0.15) is 57.4 Å². The van der Waals surface area contributed by atoms with Crippen molar-refractivity contribution < 1.29 is 4.39 Å². The molecular formula is C16H21F. The topological polar surface area (TPSA) is 0 Å². The number of fused-ring (bicyclic) bond motifs is 3. The maximum Gasteiger partial charge on any atom is 0.123 e. The highest BCUT2D eigenvalue weighted by Crippen LogP contribution is 2.58. The maximum absolute atomic E-state index is 13.4. The summed E-state index contributed by atoms with van der Waals surface area (Å²) in [6, 6.07) is 7.33. The van der Waals surface area contributed by atoms with Gasteiger partial charge in [0.15, 0.2) is 0 Å². The Kier molecular flexibility index (Phi) is 2.53. The third-order valence-electron chi connectivity index (χ3n) is 5.59. The largest absolute Gasteiger partial charge is 0.207 e. The molecule has 3 fully saturated rings. The van der Waals surface area contributed by atoms with Crippen molar-refractivity contribution in [3.63, 3.8) is 0 Å². The fourth-order valence-corrected chi connectivity index (χ4v) is 4.05. The number of halogens is 1. The second-order valence-electron chi connectivity index (χ2n) is 6.14. The summed E-state index contributed by atoms with van der Waals surface area (Å²) in [5.74, 6) is -0.0743. The van der Waals surface area contributed by atoms with Crippen LogP contribution < -0.4 is 0 Å². The van der Waals surface area contributed by atoms with E-state index in [-0.39, 0.29) is 5.82 Å². The Hall–Kier alpha value is -0.850. The van der Waals surface area contributed by atoms with E-state index >= 15 is 0 Å². The van der Waals surface area contributed by atoms with Gasteiger partial charge in [0.1, 0.15) is 5.82 Å². The molecule has 0 unspecified atom stereocenters. The van der Waals surface area contributed by atoms with Crippen molar-refractivity contribution in [3.8, 4) is 0 Å². The summed E-state index contributed by atoms with van der Waals surface area (Å²) < 4.78 is 13.4. The molecule has 1 aromatic rings. The third kappa shape index (κ3) is 1.71. The van der Waals surface area contributed by atoms with Gasteiger partial charge in [-0.25, -0.2) is 4.39 Å². The molecule has 0 N–H and O–H groups in total. The minimum absolute atomic E-state index is 0.0743. The zero-order valence-electron chi connectivity index (χ0n) is 10.6. The lowest BCUT2D eigenvalue weighted by molar-refractivity contribution is 0.0365. The Morgan fingerprint density at radius 3 is 2.24 bits per heavy atom.